The van der Waals surface area contributed by atoms with E-state index in [1.54, 1.807) is 24.1 Å². The molecule has 0 unspecified atom stereocenters. The van der Waals surface area contributed by atoms with Crippen molar-refractivity contribution in [3.05, 3.63) is 70.5 Å². The first-order valence-corrected chi connectivity index (χ1v) is 16.9. The number of aldehydes is 1. The summed E-state index contributed by atoms with van der Waals surface area (Å²) in [6, 6.07) is 11.6. The maximum Gasteiger partial charge on any atom is 0.264 e. The molecule has 0 bridgehead atoms. The summed E-state index contributed by atoms with van der Waals surface area (Å²) in [5, 5.41) is 4.93. The number of hydrogen-bond acceptors (Lipinski definition) is 6. The van der Waals surface area contributed by atoms with Gasteiger partial charge < -0.3 is 9.30 Å². The maximum atomic E-state index is 13.4. The van der Waals surface area contributed by atoms with E-state index in [2.05, 4.69) is 26.5 Å². The summed E-state index contributed by atoms with van der Waals surface area (Å²) >= 11 is 0. The molecule has 10 heteroatoms. The van der Waals surface area contributed by atoms with Gasteiger partial charge in [-0.3, -0.25) is 14.3 Å². The van der Waals surface area contributed by atoms with Crippen molar-refractivity contribution in [3.8, 4) is 17.0 Å². The van der Waals surface area contributed by atoms with Crippen molar-refractivity contribution in [3.63, 3.8) is 0 Å². The van der Waals surface area contributed by atoms with E-state index in [0.29, 0.717) is 36.4 Å². The van der Waals surface area contributed by atoms with Crippen LogP contribution in [0, 0.1) is 0 Å². The number of nitrogens with one attached hydrogen (secondary N) is 1. The van der Waals surface area contributed by atoms with E-state index in [0.717, 1.165) is 83.1 Å². The van der Waals surface area contributed by atoms with E-state index in [4.69, 9.17) is 4.74 Å². The smallest absolute Gasteiger partial charge is 0.264 e. The molecular weight excluding hydrogens is 576 g/mol. The highest BCUT2D eigenvalue weighted by Crippen LogP contribution is 2.48. The third kappa shape index (κ3) is 4.76. The number of carbonyl (C=O) groups is 2. The lowest BCUT2D eigenvalue weighted by molar-refractivity contribution is 0.0980. The Morgan fingerprint density at radius 3 is 2.52 bits per heavy atom. The predicted octanol–water partition coefficient (Wildman–Crippen LogP) is 6.08. The molecule has 0 atom stereocenters. The summed E-state index contributed by atoms with van der Waals surface area (Å²) < 4.78 is 37.5. The van der Waals surface area contributed by atoms with Crippen LogP contribution >= 0.6 is 0 Å². The van der Waals surface area contributed by atoms with E-state index in [1.165, 1.54) is 12.0 Å². The zero-order valence-corrected chi connectivity index (χ0v) is 25.8. The maximum absolute atomic E-state index is 13.4. The number of carbonyl (C=O) groups excluding carboxylic acids is 2. The third-order valence-corrected chi connectivity index (χ3v) is 11.5. The number of fused-ring (bicyclic) bond motifs is 5. The summed E-state index contributed by atoms with van der Waals surface area (Å²) in [7, 11) is -0.250. The third-order valence-electron chi connectivity index (χ3n) is 9.68. The highest BCUT2D eigenvalue weighted by Gasteiger charge is 2.34. The average molecular weight is 613 g/mol. The zero-order valence-electron chi connectivity index (χ0n) is 25.0. The lowest BCUT2D eigenvalue weighted by Gasteiger charge is -2.25. The first-order chi connectivity index (χ1) is 21.3. The van der Waals surface area contributed by atoms with Gasteiger partial charge in [0.25, 0.3) is 5.91 Å². The number of methoxy groups -OCH3 is 1. The van der Waals surface area contributed by atoms with Crippen molar-refractivity contribution in [2.45, 2.75) is 69.1 Å². The van der Waals surface area contributed by atoms with Gasteiger partial charge in [-0.2, -0.15) is 5.10 Å². The zero-order chi connectivity index (χ0) is 30.6. The van der Waals surface area contributed by atoms with Gasteiger partial charge in [-0.15, -0.1) is 0 Å². The predicted molar refractivity (Wildman–Crippen MR) is 170 cm³/mol. The molecule has 1 N–H and O–H groups in total. The fourth-order valence-corrected chi connectivity index (χ4v) is 8.71. The lowest BCUT2D eigenvalue weighted by atomic mass is 9.81. The molecule has 7 rings (SSSR count). The molecule has 2 fully saturated rings. The van der Waals surface area contributed by atoms with Gasteiger partial charge >= 0.3 is 0 Å². The molecule has 2 saturated carbocycles. The number of sulfonamides is 1. The Morgan fingerprint density at radius 2 is 1.82 bits per heavy atom. The molecule has 0 saturated heterocycles. The number of aryl methyl sites for hydroxylation is 1. The van der Waals surface area contributed by atoms with E-state index in [9.17, 15) is 18.0 Å². The highest BCUT2D eigenvalue weighted by atomic mass is 32.2. The number of allylic oxidation sites excluding steroid dienone is 1. The number of benzene rings is 2. The largest absolute Gasteiger partial charge is 0.497 e. The molecule has 44 heavy (non-hydrogen) atoms. The summed E-state index contributed by atoms with van der Waals surface area (Å²) in [5.41, 5.74) is 7.65. The van der Waals surface area contributed by atoms with Crippen LogP contribution in [0.4, 0.5) is 0 Å². The summed E-state index contributed by atoms with van der Waals surface area (Å²) in [6.45, 7) is 0.432. The van der Waals surface area contributed by atoms with Crippen LogP contribution in [-0.4, -0.2) is 47.3 Å². The topological polar surface area (TPSA) is 112 Å². The van der Waals surface area contributed by atoms with Crippen LogP contribution in [0.3, 0.4) is 0 Å². The van der Waals surface area contributed by atoms with Crippen LogP contribution in [0.5, 0.6) is 5.75 Å². The van der Waals surface area contributed by atoms with Gasteiger partial charge in [-0.05, 0) is 84.7 Å². The Morgan fingerprint density at radius 1 is 1.02 bits per heavy atom. The average Bonchev–Trinajstić information content (AvgIpc) is 3.46. The molecule has 1 amide bonds. The van der Waals surface area contributed by atoms with Crippen molar-refractivity contribution in [1.29, 1.82) is 0 Å². The van der Waals surface area contributed by atoms with Crippen molar-refractivity contribution >= 4 is 44.8 Å². The van der Waals surface area contributed by atoms with Gasteiger partial charge in [0.15, 0.2) is 6.29 Å². The van der Waals surface area contributed by atoms with Gasteiger partial charge in [0.05, 0.1) is 42.1 Å². The highest BCUT2D eigenvalue weighted by molar-refractivity contribution is 7.90. The molecular formula is C34H36N4O5S. The normalized spacial score (nSPS) is 17.3. The van der Waals surface area contributed by atoms with Crippen molar-refractivity contribution in [2.24, 2.45) is 7.05 Å². The van der Waals surface area contributed by atoms with Crippen LogP contribution in [0.1, 0.15) is 94.8 Å². The second kappa shape index (κ2) is 11.1. The minimum absolute atomic E-state index is 0.301. The summed E-state index contributed by atoms with van der Waals surface area (Å²) in [4.78, 5) is 25.5. The van der Waals surface area contributed by atoms with Gasteiger partial charge in [-0.25, -0.2) is 13.1 Å². The first kappa shape index (κ1) is 28.6. The van der Waals surface area contributed by atoms with Crippen LogP contribution in [0.15, 0.2) is 42.6 Å². The molecule has 228 valence electrons. The standard InChI is InChI=1S/C34H36N4O5S/c1-37-32(25(20-39)18-35-37)24-15-23-16-26(43-2)12-14-28(23)33-31(21-7-4-3-5-8-21)29-13-11-22(17-30(29)38(33)19-24)34(40)36-44(41,42)27-9-6-10-27/h11-18,20-21,27H,3-10,19H2,1-2H3,(H,36,40). The van der Waals surface area contributed by atoms with Crippen molar-refractivity contribution < 1.29 is 22.7 Å². The van der Waals surface area contributed by atoms with E-state index < -0.39 is 21.2 Å². The second-order valence-corrected chi connectivity index (χ2v) is 14.2. The van der Waals surface area contributed by atoms with E-state index >= 15 is 0 Å². The Labute approximate surface area is 256 Å². The van der Waals surface area contributed by atoms with Crippen LogP contribution in [0.25, 0.3) is 33.8 Å². The minimum atomic E-state index is -3.73. The number of rotatable bonds is 7. The van der Waals surface area contributed by atoms with E-state index in [-0.39, 0.29) is 0 Å². The molecule has 3 heterocycles. The molecule has 1 aliphatic heterocycles. The van der Waals surface area contributed by atoms with Crippen LogP contribution in [0.2, 0.25) is 0 Å². The van der Waals surface area contributed by atoms with Crippen LogP contribution < -0.4 is 9.46 Å². The summed E-state index contributed by atoms with van der Waals surface area (Å²) in [6.07, 6.45) is 12.2. The van der Waals surface area contributed by atoms with Gasteiger partial charge in [0, 0.05) is 29.1 Å². The number of aromatic nitrogens is 3. The minimum Gasteiger partial charge on any atom is -0.497 e. The molecule has 4 aromatic rings. The van der Waals surface area contributed by atoms with E-state index in [1.807, 2.05) is 31.3 Å². The number of amides is 1. The molecule has 2 aliphatic carbocycles. The molecule has 0 spiro atoms. The number of hydrogen-bond donors (Lipinski definition) is 1. The Bertz CT molecular complexity index is 1940. The van der Waals surface area contributed by atoms with Gasteiger partial charge in [0.1, 0.15) is 5.75 Å². The van der Waals surface area contributed by atoms with Gasteiger partial charge in [0.2, 0.25) is 10.0 Å². The fourth-order valence-electron chi connectivity index (χ4n) is 7.21. The number of ether oxygens (including phenoxy) is 1. The monoisotopic (exact) mass is 612 g/mol. The number of nitrogens with zero attached hydrogens (tertiary/aromatic N) is 3. The van der Waals surface area contributed by atoms with Crippen LogP contribution in [-0.2, 0) is 23.6 Å². The second-order valence-electron chi connectivity index (χ2n) is 12.3. The fraction of sp³-hybridized carbons (Fsp3) is 0.382. The molecule has 3 aliphatic rings. The van der Waals surface area contributed by atoms with Crippen molar-refractivity contribution in [2.75, 3.05) is 7.11 Å². The van der Waals surface area contributed by atoms with Gasteiger partial charge in [-0.1, -0.05) is 31.7 Å². The quantitative estimate of drug-likeness (QED) is 0.253. The SMILES string of the molecule is COc1ccc2c(c1)C=C(c1c(C=O)cnn1C)Cn1c-2c(C2CCCCC2)c2ccc(C(=O)NS(=O)(=O)C3CCC3)cc21. The Balaban J connectivity index is 1.46. The molecule has 9 nitrogen and oxygen atoms in total. The Kier molecular flexibility index (Phi) is 7.19. The Hall–Kier alpha value is -4.18. The first-order valence-electron chi connectivity index (χ1n) is 15.4. The summed E-state index contributed by atoms with van der Waals surface area (Å²) in [5.74, 6) is 0.466. The molecule has 2 aromatic heterocycles. The molecule has 0 radical (unpaired) electrons. The molecule has 2 aromatic carbocycles. The lowest BCUT2D eigenvalue weighted by Crippen LogP contribution is -2.41. The van der Waals surface area contributed by atoms with Crippen molar-refractivity contribution in [1.82, 2.24) is 19.1 Å².